The number of halogens is 2. The minimum atomic E-state index is -0.726. The number of hydrogen-bond acceptors (Lipinski definition) is 6. The van der Waals surface area contributed by atoms with Gasteiger partial charge in [-0.15, -0.1) is 0 Å². The lowest BCUT2D eigenvalue weighted by molar-refractivity contribution is -0.140. The summed E-state index contributed by atoms with van der Waals surface area (Å²) in [5.74, 6) is -1.73. The summed E-state index contributed by atoms with van der Waals surface area (Å²) in [7, 11) is 0. The molecule has 2 N–H and O–H groups in total. The molecule has 0 saturated heterocycles. The quantitative estimate of drug-likeness (QED) is 0.469. The average Bonchev–Trinajstić information content (AvgIpc) is 3.04. The van der Waals surface area contributed by atoms with Gasteiger partial charge in [0.2, 0.25) is 0 Å². The van der Waals surface area contributed by atoms with E-state index in [1.54, 1.807) is 20.8 Å². The average molecular weight is 477 g/mol. The van der Waals surface area contributed by atoms with Gasteiger partial charge < -0.3 is 20.1 Å². The number of urea groups is 1. The van der Waals surface area contributed by atoms with Gasteiger partial charge in [0.1, 0.15) is 17.6 Å². The molecule has 0 saturated carbocycles. The van der Waals surface area contributed by atoms with Crippen LogP contribution in [0.15, 0.2) is 41.6 Å². The summed E-state index contributed by atoms with van der Waals surface area (Å²) >= 11 is 6.39. The van der Waals surface area contributed by atoms with E-state index in [9.17, 15) is 18.8 Å². The minimum Gasteiger partial charge on any atom is -0.463 e. The van der Waals surface area contributed by atoms with Crippen LogP contribution in [0.4, 0.5) is 9.18 Å². The first-order chi connectivity index (χ1) is 15.7. The molecule has 2 heterocycles. The van der Waals surface area contributed by atoms with Gasteiger partial charge in [-0.25, -0.2) is 23.5 Å². The molecule has 33 heavy (non-hydrogen) atoms. The van der Waals surface area contributed by atoms with Gasteiger partial charge >= 0.3 is 18.0 Å². The number of nitrogens with zero attached hydrogens (tertiary/aromatic N) is 2. The Balaban J connectivity index is 1.73. The minimum absolute atomic E-state index is 0.143. The standard InChI is InChI=1S/C22H22ClFN4O5/c1-4-32-21(30)19-13(3)25-22(31)26-17(19)11-33-18(29)10-9-16-12(2)27-28(20(16)23)15-7-5-14(24)6-8-15/h5-10,13H,4,11H2,1-3H3,(H2,25,26,31)/b10-9+/t13-/m1/s1. The van der Waals surface area contributed by atoms with Gasteiger partial charge in [0, 0.05) is 11.6 Å². The first-order valence-corrected chi connectivity index (χ1v) is 10.4. The van der Waals surface area contributed by atoms with Gasteiger partial charge in [0.05, 0.1) is 35.3 Å². The second kappa shape index (κ2) is 10.3. The van der Waals surface area contributed by atoms with Crippen LogP contribution in [0.1, 0.15) is 25.1 Å². The molecule has 2 aromatic rings. The van der Waals surface area contributed by atoms with Crippen LogP contribution in [0, 0.1) is 12.7 Å². The Morgan fingerprint density at radius 2 is 1.97 bits per heavy atom. The van der Waals surface area contributed by atoms with Crippen molar-refractivity contribution in [3.63, 3.8) is 0 Å². The Morgan fingerprint density at radius 1 is 1.27 bits per heavy atom. The lowest BCUT2D eigenvalue weighted by Gasteiger charge is -2.26. The van der Waals surface area contributed by atoms with Gasteiger partial charge in [-0.2, -0.15) is 5.10 Å². The van der Waals surface area contributed by atoms with Crippen molar-refractivity contribution in [3.8, 4) is 5.69 Å². The Kier molecular flexibility index (Phi) is 7.49. The lowest BCUT2D eigenvalue weighted by atomic mass is 10.0. The number of amides is 2. The summed E-state index contributed by atoms with van der Waals surface area (Å²) in [5.41, 5.74) is 1.90. The van der Waals surface area contributed by atoms with Crippen LogP contribution >= 0.6 is 11.6 Å². The second-order valence-electron chi connectivity index (χ2n) is 7.05. The molecule has 0 fully saturated rings. The number of carbonyl (C=O) groups excluding carboxylic acids is 3. The van der Waals surface area contributed by atoms with E-state index in [2.05, 4.69) is 15.7 Å². The third kappa shape index (κ3) is 5.58. The fourth-order valence-electron chi connectivity index (χ4n) is 3.19. The molecule has 1 aromatic heterocycles. The highest BCUT2D eigenvalue weighted by molar-refractivity contribution is 6.31. The van der Waals surface area contributed by atoms with E-state index < -0.39 is 24.0 Å². The van der Waals surface area contributed by atoms with Crippen molar-refractivity contribution in [2.24, 2.45) is 0 Å². The van der Waals surface area contributed by atoms with E-state index in [0.29, 0.717) is 16.9 Å². The summed E-state index contributed by atoms with van der Waals surface area (Å²) < 4.78 is 24.8. The number of hydrogen-bond donors (Lipinski definition) is 2. The van der Waals surface area contributed by atoms with Crippen LogP contribution in [0.5, 0.6) is 0 Å². The zero-order valence-electron chi connectivity index (χ0n) is 18.1. The van der Waals surface area contributed by atoms with Crippen LogP contribution in [-0.4, -0.2) is 47.0 Å². The zero-order chi connectivity index (χ0) is 24.1. The molecule has 0 radical (unpaired) electrons. The number of aromatic nitrogens is 2. The molecule has 1 aliphatic heterocycles. The van der Waals surface area contributed by atoms with E-state index in [1.165, 1.54) is 35.0 Å². The van der Waals surface area contributed by atoms with Crippen LogP contribution in [0.2, 0.25) is 5.15 Å². The first-order valence-electron chi connectivity index (χ1n) is 10.0. The summed E-state index contributed by atoms with van der Waals surface area (Å²) in [5, 5.41) is 9.58. The predicted octanol–water partition coefficient (Wildman–Crippen LogP) is 3.05. The van der Waals surface area contributed by atoms with Gasteiger partial charge in [-0.1, -0.05) is 11.6 Å². The van der Waals surface area contributed by atoms with Gasteiger partial charge in [-0.3, -0.25) is 0 Å². The smallest absolute Gasteiger partial charge is 0.338 e. The van der Waals surface area contributed by atoms with Gasteiger partial charge in [0.25, 0.3) is 0 Å². The van der Waals surface area contributed by atoms with Crippen LogP contribution in [0.3, 0.4) is 0 Å². The molecule has 1 aliphatic rings. The molecular weight excluding hydrogens is 455 g/mol. The number of ether oxygens (including phenoxy) is 2. The Labute approximate surface area is 194 Å². The normalized spacial score (nSPS) is 15.9. The predicted molar refractivity (Wildman–Crippen MR) is 118 cm³/mol. The Hall–Kier alpha value is -3.66. The second-order valence-corrected chi connectivity index (χ2v) is 7.41. The van der Waals surface area contributed by atoms with Crippen LogP contribution in [0.25, 0.3) is 11.8 Å². The summed E-state index contributed by atoms with van der Waals surface area (Å²) in [6, 6.07) is 4.50. The van der Waals surface area contributed by atoms with Gasteiger partial charge in [-0.05, 0) is 51.1 Å². The zero-order valence-corrected chi connectivity index (χ0v) is 18.9. The maximum Gasteiger partial charge on any atom is 0.338 e. The number of benzene rings is 1. The number of carbonyl (C=O) groups is 3. The van der Waals surface area contributed by atoms with Crippen molar-refractivity contribution < 1.29 is 28.2 Å². The number of rotatable bonds is 7. The van der Waals surface area contributed by atoms with E-state index in [-0.39, 0.29) is 35.5 Å². The van der Waals surface area contributed by atoms with E-state index in [0.717, 1.165) is 6.08 Å². The summed E-state index contributed by atoms with van der Waals surface area (Å²) in [6.07, 6.45) is 2.60. The van der Waals surface area contributed by atoms with E-state index >= 15 is 0 Å². The molecule has 0 aliphatic carbocycles. The van der Waals surface area contributed by atoms with Crippen LogP contribution in [-0.2, 0) is 19.1 Å². The highest BCUT2D eigenvalue weighted by Gasteiger charge is 2.30. The van der Waals surface area contributed by atoms with Crippen molar-refractivity contribution in [1.82, 2.24) is 20.4 Å². The monoisotopic (exact) mass is 476 g/mol. The fourth-order valence-corrected chi connectivity index (χ4v) is 3.53. The highest BCUT2D eigenvalue weighted by atomic mass is 35.5. The maximum atomic E-state index is 13.2. The number of nitrogens with one attached hydrogen (secondary N) is 2. The summed E-state index contributed by atoms with van der Waals surface area (Å²) in [4.78, 5) is 36.3. The molecule has 0 spiro atoms. The van der Waals surface area contributed by atoms with Crippen molar-refractivity contribution in [2.45, 2.75) is 26.8 Å². The third-order valence-corrected chi connectivity index (χ3v) is 5.09. The number of aryl methyl sites for hydroxylation is 1. The molecule has 11 heteroatoms. The summed E-state index contributed by atoms with van der Waals surface area (Å²) in [6.45, 7) is 4.81. The van der Waals surface area contributed by atoms with E-state index in [4.69, 9.17) is 21.1 Å². The molecule has 3 rings (SSSR count). The molecule has 174 valence electrons. The maximum absolute atomic E-state index is 13.2. The molecule has 0 unspecified atom stereocenters. The largest absolute Gasteiger partial charge is 0.463 e. The van der Waals surface area contributed by atoms with Gasteiger partial charge in [0.15, 0.2) is 0 Å². The third-order valence-electron chi connectivity index (χ3n) is 4.73. The molecule has 9 nitrogen and oxygen atoms in total. The highest BCUT2D eigenvalue weighted by Crippen LogP contribution is 2.25. The van der Waals surface area contributed by atoms with Crippen molar-refractivity contribution in [3.05, 3.63) is 63.8 Å². The molecular formula is C22H22ClFN4O5. The molecule has 2 amide bonds. The van der Waals surface area contributed by atoms with Crippen molar-refractivity contribution >= 4 is 35.6 Å². The van der Waals surface area contributed by atoms with Crippen LogP contribution < -0.4 is 10.6 Å². The lowest BCUT2D eigenvalue weighted by Crippen LogP contribution is -2.50. The van der Waals surface area contributed by atoms with E-state index in [1.807, 2.05) is 0 Å². The fraction of sp³-hybridized carbons (Fsp3) is 0.273. The topological polar surface area (TPSA) is 112 Å². The Bertz CT molecular complexity index is 1140. The Morgan fingerprint density at radius 3 is 2.64 bits per heavy atom. The van der Waals surface area contributed by atoms with Crippen molar-refractivity contribution in [1.29, 1.82) is 0 Å². The van der Waals surface area contributed by atoms with Crippen molar-refractivity contribution in [2.75, 3.05) is 13.2 Å². The first kappa shape index (κ1) is 24.0. The SMILES string of the molecule is CCOC(=O)C1=C(COC(=O)/C=C/c2c(C)nn(-c3ccc(F)cc3)c2Cl)NC(=O)N[C@@H]1C. The molecule has 1 atom stereocenters. The number of esters is 2. The molecule has 1 aromatic carbocycles. The molecule has 0 bridgehead atoms.